The minimum atomic E-state index is -0.476. The summed E-state index contributed by atoms with van der Waals surface area (Å²) >= 11 is 3.44. The Morgan fingerprint density at radius 1 is 0.490 bits per heavy atom. The van der Waals surface area contributed by atoms with Crippen LogP contribution in [0.1, 0.15) is 113 Å². The van der Waals surface area contributed by atoms with E-state index in [9.17, 15) is 0 Å². The Kier molecular flexibility index (Phi) is 13.0. The fourth-order valence-electron chi connectivity index (χ4n) is 5.34. The van der Waals surface area contributed by atoms with Crippen molar-refractivity contribution in [3.05, 3.63) is 73.8 Å². The van der Waals surface area contributed by atoms with E-state index in [0.29, 0.717) is 11.4 Å². The molecule has 0 amide bonds. The maximum absolute atomic E-state index is 7.11. The fraction of sp³-hybridized carbons (Fsp3) is 0.622. The highest BCUT2D eigenvalue weighted by Crippen LogP contribution is 2.43. The van der Waals surface area contributed by atoms with Gasteiger partial charge in [0.05, 0.1) is 46.8 Å². The molecule has 0 unspecified atom stereocenters. The lowest BCUT2D eigenvalue weighted by atomic mass is 9.49. The van der Waals surface area contributed by atoms with Crippen molar-refractivity contribution in [3.63, 3.8) is 0 Å². The van der Waals surface area contributed by atoms with Crippen LogP contribution >= 0.6 is 15.9 Å². The molecule has 3 aliphatic heterocycles. The maximum atomic E-state index is 7.11. The Bertz CT molecular complexity index is 1480. The molecule has 3 fully saturated rings. The van der Waals surface area contributed by atoms with Gasteiger partial charge in [0.15, 0.2) is 11.4 Å². The van der Waals surface area contributed by atoms with Crippen LogP contribution in [0.2, 0.25) is 0 Å². The van der Waals surface area contributed by atoms with Crippen molar-refractivity contribution < 1.29 is 27.9 Å². The van der Waals surface area contributed by atoms with Gasteiger partial charge in [-0.2, -0.15) is 0 Å². The lowest BCUT2D eigenvalue weighted by Gasteiger charge is -2.32. The van der Waals surface area contributed by atoms with E-state index >= 15 is 0 Å². The molecule has 3 saturated heterocycles. The Balaban J connectivity index is 0.000000262. The number of aryl methyl sites for hydroxylation is 4. The van der Waals surface area contributed by atoms with E-state index in [0.717, 1.165) is 32.2 Å². The molecule has 49 heavy (non-hydrogen) atoms. The van der Waals surface area contributed by atoms with E-state index in [1.165, 1.54) is 0 Å². The van der Waals surface area contributed by atoms with Gasteiger partial charge in [-0.25, -0.2) is 9.69 Å². The monoisotopic (exact) mass is 736 g/mol. The maximum Gasteiger partial charge on any atom is 0.495 e. The quantitative estimate of drug-likeness (QED) is 0.226. The number of benzene rings is 2. The predicted octanol–water partition coefficient (Wildman–Crippen LogP) is 9.66. The number of rotatable bonds is 2. The summed E-state index contributed by atoms with van der Waals surface area (Å²) < 4.78 is 37.1. The van der Waals surface area contributed by atoms with Crippen LogP contribution in [0.15, 0.2) is 28.7 Å². The third-order valence-electron chi connectivity index (χ3n) is 10.5. The number of nitrogens with zero attached hydrogens (tertiary/aromatic N) is 2. The standard InChI is InChI=1S/C15H20BNO2.C12H24B2O4.C9H8BrN.CH4/c1-10-8-12(17-7)9-11(2)13(10)16-18-14(3,4)15(5,6)19-16;1-9(2)10(3,4)16-13(15-9)14-17-11(5,6)12(7,8)18-14;1-6-4-8(11-3)5-7(2)9(6)10;/h8-9H,1-6H3;1-8H3;4-5H,1-2H3;1H4. The Morgan fingerprint density at radius 2 is 0.735 bits per heavy atom. The molecule has 0 bridgehead atoms. The lowest BCUT2D eigenvalue weighted by molar-refractivity contribution is 0.00578. The van der Waals surface area contributed by atoms with Gasteiger partial charge in [-0.15, -0.1) is 0 Å². The predicted molar refractivity (Wildman–Crippen MR) is 207 cm³/mol. The van der Waals surface area contributed by atoms with Crippen molar-refractivity contribution in [2.24, 2.45) is 0 Å². The first-order valence-corrected chi connectivity index (χ1v) is 17.2. The van der Waals surface area contributed by atoms with Crippen LogP contribution in [0.25, 0.3) is 9.69 Å². The second kappa shape index (κ2) is 14.8. The molecule has 8 nitrogen and oxygen atoms in total. The first-order chi connectivity index (χ1) is 21.7. The van der Waals surface area contributed by atoms with E-state index in [1.807, 2.05) is 135 Å². The SMILES string of the molecule is C.CC1(C)OB(B2OC(C)(C)C(C)(C)O2)OC1(C)C.[C-]#[N+]c1cc(C)c(B2OC(C)(C)C(C)(C)O2)c(C)c1.[C-]#[N+]c1cc(C)c(Br)c(C)c1. The second-order valence-electron chi connectivity index (χ2n) is 15.9. The van der Waals surface area contributed by atoms with E-state index in [4.69, 9.17) is 41.1 Å². The van der Waals surface area contributed by atoms with Gasteiger partial charge in [-0.05, 0) is 127 Å². The van der Waals surface area contributed by atoms with Gasteiger partial charge in [0.2, 0.25) is 0 Å². The van der Waals surface area contributed by atoms with E-state index in [2.05, 4.69) is 25.6 Å². The van der Waals surface area contributed by atoms with Crippen molar-refractivity contribution >= 4 is 53.9 Å². The van der Waals surface area contributed by atoms with E-state index < -0.39 is 14.0 Å². The van der Waals surface area contributed by atoms with Crippen molar-refractivity contribution in [2.45, 2.75) is 152 Å². The molecule has 0 radical (unpaired) electrons. The molecule has 3 heterocycles. The van der Waals surface area contributed by atoms with Crippen LogP contribution in [0.5, 0.6) is 0 Å². The molecule has 0 atom stereocenters. The Morgan fingerprint density at radius 3 is 1.00 bits per heavy atom. The highest BCUT2D eigenvalue weighted by Gasteiger charge is 2.63. The highest BCUT2D eigenvalue weighted by atomic mass is 79.9. The topological polar surface area (TPSA) is 64.1 Å². The van der Waals surface area contributed by atoms with Gasteiger partial charge in [-0.1, -0.05) is 58.7 Å². The molecule has 2 aromatic carbocycles. The zero-order valence-electron chi connectivity index (χ0n) is 31.8. The van der Waals surface area contributed by atoms with Gasteiger partial charge in [0.1, 0.15) is 0 Å². The van der Waals surface area contributed by atoms with Crippen molar-refractivity contribution in [1.82, 2.24) is 0 Å². The molecule has 5 rings (SSSR count). The van der Waals surface area contributed by atoms with Crippen molar-refractivity contribution in [2.75, 3.05) is 0 Å². The molecular weight excluding hydrogens is 681 g/mol. The van der Waals surface area contributed by atoms with Gasteiger partial charge in [-0.3, -0.25) is 0 Å². The smallest absolute Gasteiger partial charge is 0.405 e. The summed E-state index contributed by atoms with van der Waals surface area (Å²) in [5.41, 5.74) is 4.64. The number of hydrogen-bond acceptors (Lipinski definition) is 6. The summed E-state index contributed by atoms with van der Waals surface area (Å²) in [6.45, 7) is 46.3. The minimum Gasteiger partial charge on any atom is -0.405 e. The van der Waals surface area contributed by atoms with Crippen LogP contribution in [-0.4, -0.2) is 54.7 Å². The summed E-state index contributed by atoms with van der Waals surface area (Å²) in [6.07, 6.45) is 0. The van der Waals surface area contributed by atoms with Crippen LogP contribution < -0.4 is 5.46 Å². The summed E-state index contributed by atoms with van der Waals surface area (Å²) in [7, 11) is -1.31. The van der Waals surface area contributed by atoms with Gasteiger partial charge in [0.25, 0.3) is 0 Å². The van der Waals surface area contributed by atoms with Crippen molar-refractivity contribution in [1.29, 1.82) is 0 Å². The largest absolute Gasteiger partial charge is 0.495 e. The summed E-state index contributed by atoms with van der Waals surface area (Å²) in [6, 6.07) is 7.54. The molecule has 0 aliphatic carbocycles. The van der Waals surface area contributed by atoms with Crippen LogP contribution in [-0.2, 0) is 27.9 Å². The number of hydrogen-bond donors (Lipinski definition) is 0. The molecule has 12 heteroatoms. The first kappa shape index (κ1) is 43.0. The molecular formula is C37H56B3BrN2O6. The third kappa shape index (κ3) is 9.02. The molecule has 0 spiro atoms. The zero-order valence-corrected chi connectivity index (χ0v) is 33.3. The first-order valence-electron chi connectivity index (χ1n) is 16.4. The highest BCUT2D eigenvalue weighted by molar-refractivity contribution is 9.10. The van der Waals surface area contributed by atoms with Gasteiger partial charge >= 0.3 is 21.1 Å². The second-order valence-corrected chi connectivity index (χ2v) is 16.7. The normalized spacial score (nSPS) is 21.7. The summed E-state index contributed by atoms with van der Waals surface area (Å²) in [4.78, 5) is 6.85. The average molecular weight is 737 g/mol. The van der Waals surface area contributed by atoms with Crippen molar-refractivity contribution in [3.8, 4) is 0 Å². The average Bonchev–Trinajstić information content (AvgIpc) is 3.40. The molecule has 0 N–H and O–H groups in total. The molecule has 2 aromatic rings. The van der Waals surface area contributed by atoms with Gasteiger partial charge in [0, 0.05) is 4.47 Å². The van der Waals surface area contributed by atoms with E-state index in [1.54, 1.807) is 0 Å². The third-order valence-corrected chi connectivity index (χ3v) is 11.8. The van der Waals surface area contributed by atoms with Crippen LogP contribution in [0, 0.1) is 40.8 Å². The van der Waals surface area contributed by atoms with Crippen LogP contribution in [0.3, 0.4) is 0 Å². The summed E-state index contributed by atoms with van der Waals surface area (Å²) in [5.74, 6) is 0. The minimum absolute atomic E-state index is 0. The Hall–Kier alpha value is -2.15. The number of halogens is 1. The van der Waals surface area contributed by atoms with Crippen LogP contribution in [0.4, 0.5) is 11.4 Å². The van der Waals surface area contributed by atoms with E-state index in [-0.39, 0.29) is 48.2 Å². The summed E-state index contributed by atoms with van der Waals surface area (Å²) in [5, 5.41) is 0. The zero-order chi connectivity index (χ0) is 36.8. The Labute approximate surface area is 306 Å². The van der Waals surface area contributed by atoms with Gasteiger partial charge < -0.3 is 27.9 Å². The lowest BCUT2D eigenvalue weighted by Crippen LogP contribution is -2.41. The fourth-order valence-corrected chi connectivity index (χ4v) is 5.57. The molecule has 0 saturated carbocycles. The molecule has 3 aliphatic rings. The molecule has 266 valence electrons. The molecule has 0 aromatic heterocycles.